The van der Waals surface area contributed by atoms with Gasteiger partial charge in [0, 0.05) is 12.1 Å². The van der Waals surface area contributed by atoms with Crippen molar-refractivity contribution in [3.63, 3.8) is 0 Å². The first-order chi connectivity index (χ1) is 14.4. The van der Waals surface area contributed by atoms with E-state index in [0.29, 0.717) is 41.1 Å². The monoisotopic (exact) mass is 473 g/mol. The smallest absolute Gasteiger partial charge is 0.295 e. The second-order valence-electron chi connectivity index (χ2n) is 6.84. The number of nitrogens with zero attached hydrogens (tertiary/aromatic N) is 1. The molecular formula is C23H24BrNO5. The van der Waals surface area contributed by atoms with E-state index < -0.39 is 17.7 Å². The summed E-state index contributed by atoms with van der Waals surface area (Å²) in [5.41, 5.74) is 1.24. The van der Waals surface area contributed by atoms with E-state index in [9.17, 15) is 14.7 Å². The molecule has 6 nitrogen and oxygen atoms in total. The molecule has 7 heteroatoms. The van der Waals surface area contributed by atoms with Gasteiger partial charge in [0.1, 0.15) is 17.3 Å². The molecule has 2 aromatic rings. The standard InChI is InChI=1S/C23H24BrNO5/c1-4-12-25-20(14-6-9-16(10-7-14)30-5-2)19(22(27)23(25)28)21(26)15-8-11-18(29-3)17(24)13-15/h6-11,13,20,26H,4-5,12H2,1-3H3/b21-19-. The first-order valence-corrected chi connectivity index (χ1v) is 10.6. The van der Waals surface area contributed by atoms with Gasteiger partial charge in [0.15, 0.2) is 0 Å². The van der Waals surface area contributed by atoms with Crippen molar-refractivity contribution in [2.75, 3.05) is 20.3 Å². The summed E-state index contributed by atoms with van der Waals surface area (Å²) in [6.45, 7) is 4.79. The summed E-state index contributed by atoms with van der Waals surface area (Å²) in [4.78, 5) is 27.2. The first kappa shape index (κ1) is 21.9. The van der Waals surface area contributed by atoms with Crippen molar-refractivity contribution in [3.05, 3.63) is 63.6 Å². The molecule has 1 fully saturated rings. The fourth-order valence-corrected chi connectivity index (χ4v) is 4.12. The van der Waals surface area contributed by atoms with Crippen LogP contribution in [0.5, 0.6) is 11.5 Å². The van der Waals surface area contributed by atoms with Crippen molar-refractivity contribution >= 4 is 33.4 Å². The van der Waals surface area contributed by atoms with Crippen LogP contribution in [0.25, 0.3) is 5.76 Å². The van der Waals surface area contributed by atoms with Gasteiger partial charge < -0.3 is 19.5 Å². The zero-order valence-corrected chi connectivity index (χ0v) is 18.7. The summed E-state index contributed by atoms with van der Waals surface area (Å²) >= 11 is 3.40. The molecule has 158 valence electrons. The minimum Gasteiger partial charge on any atom is -0.507 e. The number of ketones is 1. The zero-order valence-electron chi connectivity index (χ0n) is 17.1. The molecule has 30 heavy (non-hydrogen) atoms. The third-order valence-corrected chi connectivity index (χ3v) is 5.56. The van der Waals surface area contributed by atoms with Crippen LogP contribution in [0, 0.1) is 0 Å². The fraction of sp³-hybridized carbons (Fsp3) is 0.304. The van der Waals surface area contributed by atoms with Crippen molar-refractivity contribution < 1.29 is 24.2 Å². The number of Topliss-reactive ketones (excluding diaryl/α,β-unsaturated/α-hetero) is 1. The third-order valence-electron chi connectivity index (χ3n) is 4.94. The molecule has 0 radical (unpaired) electrons. The van der Waals surface area contributed by atoms with E-state index in [0.717, 1.165) is 5.56 Å². The SMILES string of the molecule is CCCN1C(=O)C(=O)/C(=C(\O)c2ccc(OC)c(Br)c2)C1c1ccc(OCC)cc1. The van der Waals surface area contributed by atoms with E-state index in [1.54, 1.807) is 37.4 Å². The van der Waals surface area contributed by atoms with Crippen LogP contribution < -0.4 is 9.47 Å². The molecule has 0 bridgehead atoms. The second kappa shape index (κ2) is 9.34. The summed E-state index contributed by atoms with van der Waals surface area (Å²) in [5, 5.41) is 11.0. The molecule has 1 aliphatic heterocycles. The van der Waals surface area contributed by atoms with Crippen molar-refractivity contribution in [2.45, 2.75) is 26.3 Å². The normalized spacial score (nSPS) is 18.0. The van der Waals surface area contributed by atoms with Gasteiger partial charge in [-0.1, -0.05) is 19.1 Å². The van der Waals surface area contributed by atoms with E-state index in [2.05, 4.69) is 15.9 Å². The van der Waals surface area contributed by atoms with Gasteiger partial charge in [-0.15, -0.1) is 0 Å². The van der Waals surface area contributed by atoms with Gasteiger partial charge in [-0.3, -0.25) is 9.59 Å². The molecule has 1 heterocycles. The zero-order chi connectivity index (χ0) is 21.8. The van der Waals surface area contributed by atoms with Gasteiger partial charge >= 0.3 is 0 Å². The highest BCUT2D eigenvalue weighted by atomic mass is 79.9. The first-order valence-electron chi connectivity index (χ1n) is 9.78. The number of hydrogen-bond acceptors (Lipinski definition) is 5. The van der Waals surface area contributed by atoms with Gasteiger partial charge in [0.2, 0.25) is 0 Å². The van der Waals surface area contributed by atoms with E-state index >= 15 is 0 Å². The Morgan fingerprint density at radius 1 is 1.13 bits per heavy atom. The number of halogens is 1. The summed E-state index contributed by atoms with van der Waals surface area (Å²) < 4.78 is 11.4. The van der Waals surface area contributed by atoms with Gasteiger partial charge in [-0.25, -0.2) is 0 Å². The van der Waals surface area contributed by atoms with Crippen LogP contribution in [0.4, 0.5) is 0 Å². The Morgan fingerprint density at radius 2 is 1.83 bits per heavy atom. The number of ether oxygens (including phenoxy) is 2. The summed E-state index contributed by atoms with van der Waals surface area (Å²) in [6, 6.07) is 11.6. The van der Waals surface area contributed by atoms with Crippen LogP contribution in [0.3, 0.4) is 0 Å². The van der Waals surface area contributed by atoms with Crippen LogP contribution >= 0.6 is 15.9 Å². The molecule has 0 saturated carbocycles. The average molecular weight is 474 g/mol. The Morgan fingerprint density at radius 3 is 2.40 bits per heavy atom. The number of rotatable bonds is 7. The predicted molar refractivity (Wildman–Crippen MR) is 118 cm³/mol. The molecule has 1 aliphatic rings. The largest absolute Gasteiger partial charge is 0.507 e. The molecule has 1 N–H and O–H groups in total. The fourth-order valence-electron chi connectivity index (χ4n) is 3.58. The number of carbonyl (C=O) groups excluding carboxylic acids is 2. The van der Waals surface area contributed by atoms with Gasteiger partial charge in [0.25, 0.3) is 11.7 Å². The molecule has 1 amide bonds. The number of aliphatic hydroxyl groups excluding tert-OH is 1. The minimum atomic E-state index is -0.688. The molecule has 1 saturated heterocycles. The van der Waals surface area contributed by atoms with Crippen LogP contribution in [-0.2, 0) is 9.59 Å². The number of methoxy groups -OCH3 is 1. The lowest BCUT2D eigenvalue weighted by molar-refractivity contribution is -0.139. The van der Waals surface area contributed by atoms with Crippen molar-refractivity contribution in [2.24, 2.45) is 0 Å². The number of benzene rings is 2. The number of carbonyl (C=O) groups is 2. The van der Waals surface area contributed by atoms with E-state index in [-0.39, 0.29) is 11.3 Å². The van der Waals surface area contributed by atoms with E-state index in [4.69, 9.17) is 9.47 Å². The number of likely N-dealkylation sites (tertiary alicyclic amines) is 1. The minimum absolute atomic E-state index is 0.0784. The molecule has 3 rings (SSSR count). The highest BCUT2D eigenvalue weighted by Crippen LogP contribution is 2.40. The average Bonchev–Trinajstić information content (AvgIpc) is 2.99. The van der Waals surface area contributed by atoms with Crippen LogP contribution in [0.2, 0.25) is 0 Å². The molecule has 2 aromatic carbocycles. The lowest BCUT2D eigenvalue weighted by Crippen LogP contribution is -2.30. The summed E-state index contributed by atoms with van der Waals surface area (Å²) in [5.74, 6) is -0.209. The Balaban J connectivity index is 2.13. The quantitative estimate of drug-likeness (QED) is 0.358. The highest BCUT2D eigenvalue weighted by Gasteiger charge is 2.45. The summed E-state index contributed by atoms with van der Waals surface area (Å²) in [6.07, 6.45) is 0.689. The molecule has 0 spiro atoms. The highest BCUT2D eigenvalue weighted by molar-refractivity contribution is 9.10. The Hall–Kier alpha value is -2.80. The van der Waals surface area contributed by atoms with E-state index in [1.165, 1.54) is 4.90 Å². The van der Waals surface area contributed by atoms with Crippen molar-refractivity contribution in [1.29, 1.82) is 0 Å². The Kier molecular flexibility index (Phi) is 6.82. The summed E-state index contributed by atoms with van der Waals surface area (Å²) in [7, 11) is 1.54. The third kappa shape index (κ3) is 4.07. The van der Waals surface area contributed by atoms with Gasteiger partial charge in [-0.05, 0) is 65.2 Å². The Labute approximate surface area is 184 Å². The van der Waals surface area contributed by atoms with Crippen LogP contribution in [0.1, 0.15) is 37.4 Å². The van der Waals surface area contributed by atoms with Crippen LogP contribution in [0.15, 0.2) is 52.5 Å². The molecule has 1 unspecified atom stereocenters. The Bertz CT molecular complexity index is 984. The second-order valence-corrected chi connectivity index (χ2v) is 7.70. The maximum Gasteiger partial charge on any atom is 0.295 e. The number of hydrogen-bond donors (Lipinski definition) is 1. The van der Waals surface area contributed by atoms with Crippen molar-refractivity contribution in [1.82, 2.24) is 4.90 Å². The maximum absolute atomic E-state index is 12.9. The van der Waals surface area contributed by atoms with E-state index in [1.807, 2.05) is 26.0 Å². The van der Waals surface area contributed by atoms with Gasteiger partial charge in [-0.2, -0.15) is 0 Å². The number of amides is 1. The van der Waals surface area contributed by atoms with Crippen LogP contribution in [-0.4, -0.2) is 42.0 Å². The lowest BCUT2D eigenvalue weighted by atomic mass is 9.95. The molecule has 0 aromatic heterocycles. The predicted octanol–water partition coefficient (Wildman–Crippen LogP) is 4.69. The topological polar surface area (TPSA) is 76.1 Å². The number of aliphatic hydroxyl groups is 1. The molecule has 0 aliphatic carbocycles. The van der Waals surface area contributed by atoms with Crippen molar-refractivity contribution in [3.8, 4) is 11.5 Å². The molecule has 1 atom stereocenters. The lowest BCUT2D eigenvalue weighted by Gasteiger charge is -2.25. The van der Waals surface area contributed by atoms with Gasteiger partial charge in [0.05, 0.1) is 29.8 Å². The maximum atomic E-state index is 12.9. The molecular weight excluding hydrogens is 450 g/mol.